The van der Waals surface area contributed by atoms with Crippen LogP contribution in [0.15, 0.2) is 59.5 Å². The summed E-state index contributed by atoms with van der Waals surface area (Å²) in [5.74, 6) is -0.605. The van der Waals surface area contributed by atoms with Crippen molar-refractivity contribution in [2.24, 2.45) is 0 Å². The van der Waals surface area contributed by atoms with Gasteiger partial charge in [0.2, 0.25) is 4.77 Å². The number of fused-ring (bicyclic) bond motifs is 1. The zero-order valence-electron chi connectivity index (χ0n) is 12.7. The molecule has 10 heteroatoms. The molecule has 0 aliphatic carbocycles. The van der Waals surface area contributed by atoms with Crippen LogP contribution in [0.25, 0.3) is 5.69 Å². The number of tetrazole rings is 1. The molecule has 4 rings (SSSR count). The third-order valence-corrected chi connectivity index (χ3v) is 5.97. The van der Waals surface area contributed by atoms with Gasteiger partial charge in [-0.25, -0.2) is 12.7 Å². The largest absolute Gasteiger partial charge is 0.270 e. The highest BCUT2D eigenvalue weighted by Crippen LogP contribution is 2.30. The first-order chi connectivity index (χ1) is 12.0. The molecule has 0 unspecified atom stereocenters. The lowest BCUT2D eigenvalue weighted by molar-refractivity contribution is 0.0838. The standard InChI is InChI=1S/C15H11N5O3S2/c21-14-12-8-4-5-9-13(12)25(22,23)19(14)10-18-15(24)20(17-16-18)11-6-2-1-3-7-11/h1-9H,10H2. The zero-order valence-corrected chi connectivity index (χ0v) is 14.3. The van der Waals surface area contributed by atoms with Crippen molar-refractivity contribution in [3.05, 3.63) is 64.9 Å². The molecule has 3 aromatic rings. The van der Waals surface area contributed by atoms with Gasteiger partial charge >= 0.3 is 0 Å². The van der Waals surface area contributed by atoms with E-state index in [9.17, 15) is 13.2 Å². The molecule has 0 saturated heterocycles. The van der Waals surface area contributed by atoms with Gasteiger partial charge in [-0.05, 0) is 46.9 Å². The second kappa shape index (κ2) is 5.60. The summed E-state index contributed by atoms with van der Waals surface area (Å²) in [7, 11) is -3.93. The van der Waals surface area contributed by atoms with Gasteiger partial charge in [0, 0.05) is 0 Å². The summed E-state index contributed by atoms with van der Waals surface area (Å²) < 4.78 is 28.7. The van der Waals surface area contributed by atoms with E-state index < -0.39 is 15.9 Å². The highest BCUT2D eigenvalue weighted by Gasteiger charge is 2.41. The number of amides is 1. The van der Waals surface area contributed by atoms with E-state index in [0.717, 1.165) is 4.31 Å². The molecule has 8 nitrogen and oxygen atoms in total. The van der Waals surface area contributed by atoms with E-state index in [1.54, 1.807) is 24.3 Å². The molecule has 0 saturated carbocycles. The summed E-state index contributed by atoms with van der Waals surface area (Å²) in [4.78, 5) is 12.4. The Labute approximate surface area is 148 Å². The van der Waals surface area contributed by atoms with Crippen LogP contribution in [-0.4, -0.2) is 38.4 Å². The first kappa shape index (κ1) is 15.7. The van der Waals surface area contributed by atoms with Crippen molar-refractivity contribution >= 4 is 28.1 Å². The minimum absolute atomic E-state index is 0.0121. The van der Waals surface area contributed by atoms with Gasteiger partial charge in [0.25, 0.3) is 15.9 Å². The molecule has 25 heavy (non-hydrogen) atoms. The molecular weight excluding hydrogens is 362 g/mol. The van der Waals surface area contributed by atoms with E-state index in [1.807, 2.05) is 18.2 Å². The predicted molar refractivity (Wildman–Crippen MR) is 90.0 cm³/mol. The van der Waals surface area contributed by atoms with Gasteiger partial charge in [-0.2, -0.15) is 9.36 Å². The molecule has 1 aliphatic rings. The number of sulfonamides is 1. The second-order valence-corrected chi connectivity index (χ2v) is 7.50. The van der Waals surface area contributed by atoms with Crippen LogP contribution in [0, 0.1) is 4.77 Å². The first-order valence-electron chi connectivity index (χ1n) is 7.24. The van der Waals surface area contributed by atoms with Crippen molar-refractivity contribution in [1.82, 2.24) is 24.1 Å². The molecule has 1 amide bonds. The van der Waals surface area contributed by atoms with Crippen LogP contribution < -0.4 is 0 Å². The summed E-state index contributed by atoms with van der Waals surface area (Å²) in [5.41, 5.74) is 0.835. The van der Waals surface area contributed by atoms with Gasteiger partial charge < -0.3 is 0 Å². The number of benzene rings is 2. The fraction of sp³-hybridized carbons (Fsp3) is 0.0667. The Morgan fingerprint density at radius 3 is 2.36 bits per heavy atom. The molecule has 0 spiro atoms. The molecule has 1 aliphatic heterocycles. The minimum atomic E-state index is -3.93. The van der Waals surface area contributed by atoms with Gasteiger partial charge in [0.05, 0.1) is 11.3 Å². The Balaban J connectivity index is 1.72. The molecule has 0 bridgehead atoms. The van der Waals surface area contributed by atoms with Crippen LogP contribution in [0.3, 0.4) is 0 Å². The summed E-state index contributed by atoms with van der Waals surface area (Å²) in [6.45, 7) is -0.332. The fourth-order valence-corrected chi connectivity index (χ4v) is 4.32. The number of nitrogens with zero attached hydrogens (tertiary/aromatic N) is 5. The maximum absolute atomic E-state index is 12.6. The van der Waals surface area contributed by atoms with Gasteiger partial charge in [0.15, 0.2) is 0 Å². The zero-order chi connectivity index (χ0) is 17.6. The monoisotopic (exact) mass is 373 g/mol. The molecule has 0 fully saturated rings. The second-order valence-electron chi connectivity index (χ2n) is 5.30. The Kier molecular flexibility index (Phi) is 3.51. The lowest BCUT2D eigenvalue weighted by Crippen LogP contribution is -2.32. The fourth-order valence-electron chi connectivity index (χ4n) is 2.59. The molecule has 1 aromatic heterocycles. The smallest absolute Gasteiger partial charge is 0.268 e. The van der Waals surface area contributed by atoms with Crippen molar-refractivity contribution in [2.75, 3.05) is 0 Å². The maximum atomic E-state index is 12.6. The molecule has 0 atom stereocenters. The maximum Gasteiger partial charge on any atom is 0.270 e. The van der Waals surface area contributed by atoms with Gasteiger partial charge in [-0.1, -0.05) is 30.3 Å². The summed E-state index contributed by atoms with van der Waals surface area (Å²) in [6, 6.07) is 15.2. The number of aromatic nitrogens is 4. The molecule has 0 N–H and O–H groups in total. The molecule has 126 valence electrons. The molecule has 0 radical (unpaired) electrons. The highest BCUT2D eigenvalue weighted by atomic mass is 32.2. The molecule has 2 heterocycles. The third kappa shape index (κ3) is 2.37. The Morgan fingerprint density at radius 1 is 0.960 bits per heavy atom. The SMILES string of the molecule is O=C1c2ccccc2S(=O)(=O)N1Cn1nnn(-c2ccccc2)c1=S. The average Bonchev–Trinajstić information content (AvgIpc) is 3.08. The van der Waals surface area contributed by atoms with E-state index in [2.05, 4.69) is 10.4 Å². The number of carbonyl (C=O) groups is 1. The molecule has 2 aromatic carbocycles. The van der Waals surface area contributed by atoms with Crippen molar-refractivity contribution in [1.29, 1.82) is 0 Å². The Hall–Kier alpha value is -2.85. The lowest BCUT2D eigenvalue weighted by Gasteiger charge is -2.14. The number of rotatable bonds is 3. The van der Waals surface area contributed by atoms with Crippen LogP contribution in [0.1, 0.15) is 10.4 Å². The lowest BCUT2D eigenvalue weighted by atomic mass is 10.2. The van der Waals surface area contributed by atoms with Crippen LogP contribution in [0.2, 0.25) is 0 Å². The highest BCUT2D eigenvalue weighted by molar-refractivity contribution is 7.90. The van der Waals surface area contributed by atoms with Crippen LogP contribution in [0.5, 0.6) is 0 Å². The summed E-state index contributed by atoms with van der Waals surface area (Å²) in [6.07, 6.45) is 0. The van der Waals surface area contributed by atoms with Crippen molar-refractivity contribution in [3.8, 4) is 5.69 Å². The van der Waals surface area contributed by atoms with Crippen molar-refractivity contribution in [2.45, 2.75) is 11.6 Å². The summed E-state index contributed by atoms with van der Waals surface area (Å²) >= 11 is 5.31. The number of hydrogen-bond donors (Lipinski definition) is 0. The average molecular weight is 373 g/mol. The minimum Gasteiger partial charge on any atom is -0.268 e. The van der Waals surface area contributed by atoms with E-state index >= 15 is 0 Å². The van der Waals surface area contributed by atoms with Crippen LogP contribution >= 0.6 is 12.2 Å². The van der Waals surface area contributed by atoms with E-state index in [-0.39, 0.29) is 21.9 Å². The first-order valence-corrected chi connectivity index (χ1v) is 9.09. The Bertz CT molecular complexity index is 1140. The van der Waals surface area contributed by atoms with E-state index in [1.165, 1.54) is 21.5 Å². The van der Waals surface area contributed by atoms with Crippen LogP contribution in [-0.2, 0) is 16.7 Å². The van der Waals surface area contributed by atoms with Gasteiger partial charge in [-0.3, -0.25) is 4.79 Å². The van der Waals surface area contributed by atoms with E-state index in [4.69, 9.17) is 12.2 Å². The normalized spacial score (nSPS) is 15.4. The van der Waals surface area contributed by atoms with E-state index in [0.29, 0.717) is 5.69 Å². The predicted octanol–water partition coefficient (Wildman–Crippen LogP) is 1.60. The number of carbonyl (C=O) groups excluding carboxylic acids is 1. The molecular formula is C15H11N5O3S2. The Morgan fingerprint density at radius 2 is 1.64 bits per heavy atom. The quantitative estimate of drug-likeness (QED) is 0.648. The summed E-state index contributed by atoms with van der Waals surface area (Å²) in [5, 5.41) is 7.83. The third-order valence-electron chi connectivity index (χ3n) is 3.81. The number of para-hydroxylation sites is 1. The number of hydrogen-bond acceptors (Lipinski definition) is 6. The topological polar surface area (TPSA) is 90.1 Å². The van der Waals surface area contributed by atoms with Crippen LogP contribution in [0.4, 0.5) is 0 Å². The van der Waals surface area contributed by atoms with Gasteiger partial charge in [-0.15, -0.1) is 0 Å². The van der Waals surface area contributed by atoms with Crippen molar-refractivity contribution < 1.29 is 13.2 Å². The van der Waals surface area contributed by atoms with Gasteiger partial charge in [0.1, 0.15) is 11.6 Å². The van der Waals surface area contributed by atoms with Crippen molar-refractivity contribution in [3.63, 3.8) is 0 Å².